The molecular weight excluding hydrogens is 312 g/mol. The number of methoxy groups -OCH3 is 2. The summed E-state index contributed by atoms with van der Waals surface area (Å²) in [5, 5.41) is 9.36. The van der Waals surface area contributed by atoms with Gasteiger partial charge >= 0.3 is 0 Å². The summed E-state index contributed by atoms with van der Waals surface area (Å²) < 4.78 is 16.3. The maximum atomic E-state index is 5.76. The molecule has 0 radical (unpaired) electrons. The topological polar surface area (TPSA) is 57.4 Å². The molecule has 0 amide bonds. The second-order valence-electron chi connectivity index (χ2n) is 5.34. The number of ether oxygens (including phenoxy) is 2. The molecule has 1 heterocycles. The van der Waals surface area contributed by atoms with E-state index in [-0.39, 0.29) is 0 Å². The van der Waals surface area contributed by atoms with Gasteiger partial charge in [-0.1, -0.05) is 30.0 Å². The molecule has 0 saturated heterocycles. The number of allylic oxidation sites excluding steroid dienone is 1. The van der Waals surface area contributed by atoms with Crippen LogP contribution in [0, 0.1) is 0 Å². The zero-order chi connectivity index (χ0) is 16.1. The van der Waals surface area contributed by atoms with Crippen LogP contribution in [0.2, 0.25) is 0 Å². The second-order valence-corrected chi connectivity index (χ2v) is 6.53. The molecule has 1 aromatic heterocycles. The molecule has 1 aliphatic carbocycles. The van der Waals surface area contributed by atoms with Crippen molar-refractivity contribution in [2.75, 3.05) is 14.2 Å². The van der Waals surface area contributed by atoms with Crippen molar-refractivity contribution in [3.8, 4) is 11.5 Å². The van der Waals surface area contributed by atoms with Crippen LogP contribution in [0.25, 0.3) is 0 Å². The van der Waals surface area contributed by atoms with Gasteiger partial charge in [0.1, 0.15) is 0 Å². The number of benzene rings is 1. The van der Waals surface area contributed by atoms with Crippen molar-refractivity contribution in [1.82, 2.24) is 10.2 Å². The number of aromatic nitrogens is 2. The molecule has 1 atom stereocenters. The Hall–Kier alpha value is -1.95. The fourth-order valence-electron chi connectivity index (χ4n) is 2.53. The average molecular weight is 332 g/mol. The van der Waals surface area contributed by atoms with Gasteiger partial charge in [0, 0.05) is 5.25 Å². The van der Waals surface area contributed by atoms with Crippen LogP contribution in [0.1, 0.15) is 30.7 Å². The van der Waals surface area contributed by atoms with Crippen LogP contribution >= 0.6 is 11.8 Å². The molecule has 0 unspecified atom stereocenters. The number of thioether (sulfide) groups is 1. The van der Waals surface area contributed by atoms with Crippen molar-refractivity contribution in [3.63, 3.8) is 0 Å². The molecule has 1 aliphatic rings. The zero-order valence-corrected chi connectivity index (χ0v) is 14.1. The molecule has 5 nitrogen and oxygen atoms in total. The van der Waals surface area contributed by atoms with Crippen LogP contribution in [-0.2, 0) is 6.42 Å². The smallest absolute Gasteiger partial charge is 0.277 e. The van der Waals surface area contributed by atoms with Crippen LogP contribution in [-0.4, -0.2) is 29.7 Å². The molecule has 0 spiro atoms. The van der Waals surface area contributed by atoms with Crippen LogP contribution in [0.3, 0.4) is 0 Å². The summed E-state index contributed by atoms with van der Waals surface area (Å²) in [5.41, 5.74) is 1.04. The molecule has 0 saturated carbocycles. The van der Waals surface area contributed by atoms with E-state index in [0.29, 0.717) is 34.3 Å². The second kappa shape index (κ2) is 7.55. The molecule has 23 heavy (non-hydrogen) atoms. The number of nitrogens with zero attached hydrogens (tertiary/aromatic N) is 2. The summed E-state index contributed by atoms with van der Waals surface area (Å²) in [4.78, 5) is 0. The highest BCUT2D eigenvalue weighted by Gasteiger charge is 2.15. The maximum absolute atomic E-state index is 5.76. The van der Waals surface area contributed by atoms with Gasteiger partial charge in [0.25, 0.3) is 5.22 Å². The Morgan fingerprint density at radius 2 is 2.09 bits per heavy atom. The highest BCUT2D eigenvalue weighted by atomic mass is 32.2. The SMILES string of the molecule is COc1ccc(Cc2nnc(S[C@@H]3C=CCCC3)o2)cc1OC. The summed E-state index contributed by atoms with van der Waals surface area (Å²) in [6.07, 6.45) is 8.59. The molecule has 6 heteroatoms. The molecule has 3 rings (SSSR count). The minimum absolute atomic E-state index is 0.443. The van der Waals surface area contributed by atoms with Gasteiger partial charge in [-0.15, -0.1) is 10.2 Å². The van der Waals surface area contributed by atoms with E-state index >= 15 is 0 Å². The summed E-state index contributed by atoms with van der Waals surface area (Å²) in [6.45, 7) is 0. The molecule has 0 N–H and O–H groups in total. The first-order valence-corrected chi connectivity index (χ1v) is 8.53. The number of rotatable bonds is 6. The van der Waals surface area contributed by atoms with Crippen LogP contribution in [0.4, 0.5) is 0 Å². The third-order valence-electron chi connectivity index (χ3n) is 3.71. The fraction of sp³-hybridized carbons (Fsp3) is 0.412. The molecule has 0 fully saturated rings. The lowest BCUT2D eigenvalue weighted by atomic mass is 10.1. The molecule has 0 aliphatic heterocycles. The minimum Gasteiger partial charge on any atom is -0.493 e. The highest BCUT2D eigenvalue weighted by molar-refractivity contribution is 7.99. The van der Waals surface area contributed by atoms with Crippen LogP contribution in [0.5, 0.6) is 11.5 Å². The third-order valence-corrected chi connectivity index (χ3v) is 4.78. The van der Waals surface area contributed by atoms with E-state index < -0.39 is 0 Å². The van der Waals surface area contributed by atoms with E-state index in [2.05, 4.69) is 22.3 Å². The lowest BCUT2D eigenvalue weighted by molar-refractivity contribution is 0.354. The summed E-state index contributed by atoms with van der Waals surface area (Å²) in [5.74, 6) is 2.02. The van der Waals surface area contributed by atoms with E-state index in [1.54, 1.807) is 26.0 Å². The Bertz CT molecular complexity index is 684. The van der Waals surface area contributed by atoms with Gasteiger partial charge in [-0.05, 0) is 37.0 Å². The quantitative estimate of drug-likeness (QED) is 0.748. The van der Waals surface area contributed by atoms with Gasteiger partial charge in [-0.2, -0.15) is 0 Å². The van der Waals surface area contributed by atoms with Crippen molar-refractivity contribution >= 4 is 11.8 Å². The molecule has 0 bridgehead atoms. The van der Waals surface area contributed by atoms with Crippen molar-refractivity contribution in [2.45, 2.75) is 36.2 Å². The third kappa shape index (κ3) is 4.07. The van der Waals surface area contributed by atoms with Crippen molar-refractivity contribution in [3.05, 3.63) is 41.8 Å². The van der Waals surface area contributed by atoms with Crippen molar-refractivity contribution < 1.29 is 13.9 Å². The van der Waals surface area contributed by atoms with E-state index in [0.717, 1.165) is 12.0 Å². The Kier molecular flexibility index (Phi) is 5.23. The van der Waals surface area contributed by atoms with Crippen molar-refractivity contribution in [2.24, 2.45) is 0 Å². The van der Waals surface area contributed by atoms with Gasteiger partial charge in [0.15, 0.2) is 11.5 Å². The van der Waals surface area contributed by atoms with Gasteiger partial charge in [-0.3, -0.25) is 0 Å². The van der Waals surface area contributed by atoms with Crippen molar-refractivity contribution in [1.29, 1.82) is 0 Å². The largest absolute Gasteiger partial charge is 0.493 e. The normalized spacial score (nSPS) is 17.2. The van der Waals surface area contributed by atoms with E-state index in [4.69, 9.17) is 13.9 Å². The van der Waals surface area contributed by atoms with E-state index in [1.165, 1.54) is 12.8 Å². The van der Waals surface area contributed by atoms with Gasteiger partial charge in [-0.25, -0.2) is 0 Å². The van der Waals surface area contributed by atoms with Crippen LogP contribution < -0.4 is 9.47 Å². The standard InChI is InChI=1S/C17H20N2O3S/c1-20-14-9-8-12(10-15(14)21-2)11-16-18-19-17(22-16)23-13-6-4-3-5-7-13/h4,6,8-10,13H,3,5,7,11H2,1-2H3/t13-/m1/s1. The number of hydrogen-bond acceptors (Lipinski definition) is 6. The molecule has 122 valence electrons. The zero-order valence-electron chi connectivity index (χ0n) is 13.3. The minimum atomic E-state index is 0.443. The first-order chi connectivity index (χ1) is 11.3. The Labute approximate surface area is 140 Å². The summed E-state index contributed by atoms with van der Waals surface area (Å²) in [6, 6.07) is 5.79. The molecular formula is C17H20N2O3S. The lowest BCUT2D eigenvalue weighted by Crippen LogP contribution is -2.01. The van der Waals surface area contributed by atoms with Crippen LogP contribution in [0.15, 0.2) is 40.0 Å². The van der Waals surface area contributed by atoms with Gasteiger partial charge in [0.05, 0.1) is 20.6 Å². The summed E-state index contributed by atoms with van der Waals surface area (Å²) in [7, 11) is 3.25. The first-order valence-electron chi connectivity index (χ1n) is 7.65. The predicted molar refractivity (Wildman–Crippen MR) is 89.3 cm³/mol. The maximum Gasteiger partial charge on any atom is 0.277 e. The van der Waals surface area contributed by atoms with E-state index in [1.807, 2.05) is 18.2 Å². The Morgan fingerprint density at radius 1 is 1.22 bits per heavy atom. The van der Waals surface area contributed by atoms with Gasteiger partial charge in [0.2, 0.25) is 5.89 Å². The van der Waals surface area contributed by atoms with E-state index in [9.17, 15) is 0 Å². The fourth-order valence-corrected chi connectivity index (χ4v) is 3.50. The average Bonchev–Trinajstić information content (AvgIpc) is 3.02. The predicted octanol–water partition coefficient (Wildman–Crippen LogP) is 3.88. The monoisotopic (exact) mass is 332 g/mol. The van der Waals surface area contributed by atoms with Gasteiger partial charge < -0.3 is 13.9 Å². The molecule has 1 aromatic carbocycles. The lowest BCUT2D eigenvalue weighted by Gasteiger charge is -2.12. The Balaban J connectivity index is 1.66. The highest BCUT2D eigenvalue weighted by Crippen LogP contribution is 2.31. The summed E-state index contributed by atoms with van der Waals surface area (Å²) >= 11 is 1.64. The number of hydrogen-bond donors (Lipinski definition) is 0. The molecule has 2 aromatic rings. The first kappa shape index (κ1) is 15.9. The Morgan fingerprint density at radius 3 is 2.83 bits per heavy atom.